The van der Waals surface area contributed by atoms with Crippen molar-refractivity contribution in [2.75, 3.05) is 0 Å². The van der Waals surface area contributed by atoms with Gasteiger partial charge in [-0.1, -0.05) is 17.7 Å². The summed E-state index contributed by atoms with van der Waals surface area (Å²) < 4.78 is 28.5. The van der Waals surface area contributed by atoms with Crippen LogP contribution in [0, 0.1) is 17.0 Å². The third-order valence-electron chi connectivity index (χ3n) is 2.32. The third-order valence-corrected chi connectivity index (χ3v) is 3.54. The van der Waals surface area contributed by atoms with Gasteiger partial charge in [0, 0.05) is 0 Å². The van der Waals surface area contributed by atoms with Crippen molar-refractivity contribution in [2.45, 2.75) is 11.8 Å². The van der Waals surface area contributed by atoms with Crippen LogP contribution in [0.2, 0.25) is 0 Å². The number of hydrogen-bond donors (Lipinski definition) is 0. The standard InChI is InChI=1S/C11H9N3O5S/c1-8-2-4-10(5-3-8)20(17,18)19-11-12-6-9(7-13-11)14(15)16/h2-7H,1H3. The number of aromatic nitrogens is 2. The van der Waals surface area contributed by atoms with Crippen LogP contribution in [0.25, 0.3) is 0 Å². The zero-order chi connectivity index (χ0) is 14.8. The van der Waals surface area contributed by atoms with Gasteiger partial charge in [0.2, 0.25) is 0 Å². The highest BCUT2D eigenvalue weighted by Gasteiger charge is 2.18. The van der Waals surface area contributed by atoms with Crippen molar-refractivity contribution in [2.24, 2.45) is 0 Å². The van der Waals surface area contributed by atoms with E-state index >= 15 is 0 Å². The van der Waals surface area contributed by atoms with Gasteiger partial charge in [-0.15, -0.1) is 0 Å². The van der Waals surface area contributed by atoms with Gasteiger partial charge in [-0.05, 0) is 19.1 Å². The maximum Gasteiger partial charge on any atom is 0.341 e. The Bertz CT molecular complexity index is 726. The minimum absolute atomic E-state index is 0.0509. The third kappa shape index (κ3) is 3.06. The minimum atomic E-state index is -4.06. The fraction of sp³-hybridized carbons (Fsp3) is 0.0909. The second-order valence-corrected chi connectivity index (χ2v) is 5.38. The van der Waals surface area contributed by atoms with Gasteiger partial charge in [0.15, 0.2) is 0 Å². The molecule has 20 heavy (non-hydrogen) atoms. The molecule has 0 aliphatic carbocycles. The van der Waals surface area contributed by atoms with Crippen LogP contribution in [-0.2, 0) is 10.1 Å². The molecule has 9 heteroatoms. The predicted octanol–water partition coefficient (Wildman–Crippen LogP) is 1.46. The molecule has 1 heterocycles. The van der Waals surface area contributed by atoms with E-state index in [2.05, 4.69) is 14.2 Å². The Morgan fingerprint density at radius 2 is 1.70 bits per heavy atom. The molecule has 104 valence electrons. The summed E-state index contributed by atoms with van der Waals surface area (Å²) in [5.74, 6) is 0. The second-order valence-electron chi connectivity index (χ2n) is 3.83. The van der Waals surface area contributed by atoms with Crippen LogP contribution in [0.1, 0.15) is 5.56 Å². The Morgan fingerprint density at radius 1 is 1.15 bits per heavy atom. The highest BCUT2D eigenvalue weighted by molar-refractivity contribution is 7.87. The molecule has 8 nitrogen and oxygen atoms in total. The average molecular weight is 295 g/mol. The Morgan fingerprint density at radius 3 is 2.20 bits per heavy atom. The monoisotopic (exact) mass is 295 g/mol. The van der Waals surface area contributed by atoms with E-state index in [1.54, 1.807) is 12.1 Å². The number of aryl methyl sites for hydroxylation is 1. The first-order chi connectivity index (χ1) is 9.38. The molecular weight excluding hydrogens is 286 g/mol. The van der Waals surface area contributed by atoms with Crippen molar-refractivity contribution in [1.29, 1.82) is 0 Å². The van der Waals surface area contributed by atoms with Gasteiger partial charge in [0.25, 0.3) is 0 Å². The van der Waals surface area contributed by atoms with Crippen molar-refractivity contribution < 1.29 is 17.5 Å². The first-order valence-electron chi connectivity index (χ1n) is 5.36. The van der Waals surface area contributed by atoms with Crippen molar-refractivity contribution in [1.82, 2.24) is 9.97 Å². The van der Waals surface area contributed by atoms with E-state index in [-0.39, 0.29) is 10.6 Å². The summed E-state index contributed by atoms with van der Waals surface area (Å²) in [4.78, 5) is 16.6. The largest absolute Gasteiger partial charge is 0.341 e. The van der Waals surface area contributed by atoms with Crippen LogP contribution in [-0.4, -0.2) is 23.3 Å². The van der Waals surface area contributed by atoms with Gasteiger partial charge in [-0.2, -0.15) is 18.4 Å². The number of nitro groups is 1. The molecule has 1 aromatic carbocycles. The van der Waals surface area contributed by atoms with Gasteiger partial charge in [0.05, 0.1) is 4.92 Å². The predicted molar refractivity (Wildman–Crippen MR) is 67.7 cm³/mol. The fourth-order valence-corrected chi connectivity index (χ4v) is 2.15. The van der Waals surface area contributed by atoms with Crippen LogP contribution >= 0.6 is 0 Å². The van der Waals surface area contributed by atoms with E-state index in [0.717, 1.165) is 18.0 Å². The van der Waals surface area contributed by atoms with E-state index in [0.29, 0.717) is 0 Å². The summed E-state index contributed by atoms with van der Waals surface area (Å²) in [5.41, 5.74) is 0.542. The van der Waals surface area contributed by atoms with E-state index < -0.39 is 21.1 Å². The maximum absolute atomic E-state index is 11.9. The minimum Gasteiger partial charge on any atom is -0.339 e. The van der Waals surface area contributed by atoms with Gasteiger partial charge in [-0.3, -0.25) is 10.1 Å². The van der Waals surface area contributed by atoms with Crippen LogP contribution in [0.15, 0.2) is 41.6 Å². The average Bonchev–Trinajstić information content (AvgIpc) is 2.39. The van der Waals surface area contributed by atoms with Crippen LogP contribution in [0.5, 0.6) is 6.01 Å². The van der Waals surface area contributed by atoms with Crippen molar-refractivity contribution in [3.8, 4) is 6.01 Å². The highest BCUT2D eigenvalue weighted by atomic mass is 32.2. The summed E-state index contributed by atoms with van der Waals surface area (Å²) >= 11 is 0. The summed E-state index contributed by atoms with van der Waals surface area (Å²) in [6, 6.07) is 5.53. The normalized spacial score (nSPS) is 11.1. The zero-order valence-corrected chi connectivity index (χ0v) is 11.1. The lowest BCUT2D eigenvalue weighted by molar-refractivity contribution is -0.385. The molecule has 0 bridgehead atoms. The quantitative estimate of drug-likeness (QED) is 0.476. The van der Waals surface area contributed by atoms with Gasteiger partial charge >= 0.3 is 21.8 Å². The summed E-state index contributed by atoms with van der Waals surface area (Å²) in [6.07, 6.45) is 1.74. The maximum atomic E-state index is 11.9. The molecule has 0 spiro atoms. The summed E-state index contributed by atoms with van der Waals surface area (Å²) in [7, 11) is -4.06. The smallest absolute Gasteiger partial charge is 0.339 e. The SMILES string of the molecule is Cc1ccc(S(=O)(=O)Oc2ncc([N+](=O)[O-])cn2)cc1. The lowest BCUT2D eigenvalue weighted by Crippen LogP contribution is -2.11. The molecule has 0 amide bonds. The summed E-state index contributed by atoms with van der Waals surface area (Å²) in [5, 5.41) is 10.4. The molecule has 2 rings (SSSR count). The second kappa shape index (κ2) is 5.21. The van der Waals surface area contributed by atoms with Crippen LogP contribution in [0.4, 0.5) is 5.69 Å². The number of nitrogens with zero attached hydrogens (tertiary/aromatic N) is 3. The molecule has 2 aromatic rings. The zero-order valence-electron chi connectivity index (χ0n) is 10.3. The number of rotatable bonds is 4. The Balaban J connectivity index is 2.24. The van der Waals surface area contributed by atoms with Crippen molar-refractivity contribution in [3.63, 3.8) is 0 Å². The van der Waals surface area contributed by atoms with Gasteiger partial charge in [-0.25, -0.2) is 0 Å². The van der Waals surface area contributed by atoms with E-state index in [9.17, 15) is 18.5 Å². The molecule has 0 unspecified atom stereocenters. The molecule has 0 atom stereocenters. The molecule has 0 aliphatic heterocycles. The highest BCUT2D eigenvalue weighted by Crippen LogP contribution is 2.16. The van der Waals surface area contributed by atoms with Crippen LogP contribution < -0.4 is 4.18 Å². The molecule has 0 saturated heterocycles. The molecule has 0 aliphatic rings. The molecule has 0 radical (unpaired) electrons. The molecule has 0 N–H and O–H groups in total. The fourth-order valence-electron chi connectivity index (χ4n) is 1.30. The number of benzene rings is 1. The summed E-state index contributed by atoms with van der Waals surface area (Å²) in [6.45, 7) is 1.82. The Labute approximate surface area is 114 Å². The molecular formula is C11H9N3O5S. The van der Waals surface area contributed by atoms with Gasteiger partial charge < -0.3 is 4.18 Å². The van der Waals surface area contributed by atoms with E-state index in [1.165, 1.54) is 12.1 Å². The Hall–Kier alpha value is -2.55. The van der Waals surface area contributed by atoms with E-state index in [1.807, 2.05) is 6.92 Å². The first kappa shape index (κ1) is 13.9. The van der Waals surface area contributed by atoms with Gasteiger partial charge in [0.1, 0.15) is 17.3 Å². The molecule has 0 fully saturated rings. The molecule has 1 aromatic heterocycles. The number of hydrogen-bond acceptors (Lipinski definition) is 7. The first-order valence-corrected chi connectivity index (χ1v) is 6.77. The lowest BCUT2D eigenvalue weighted by atomic mass is 10.2. The lowest BCUT2D eigenvalue weighted by Gasteiger charge is -2.04. The van der Waals surface area contributed by atoms with Crippen molar-refractivity contribution >= 4 is 15.8 Å². The van der Waals surface area contributed by atoms with Crippen LogP contribution in [0.3, 0.4) is 0 Å². The van der Waals surface area contributed by atoms with Crippen molar-refractivity contribution in [3.05, 3.63) is 52.3 Å². The topological polar surface area (TPSA) is 112 Å². The Kier molecular flexibility index (Phi) is 3.61. The van der Waals surface area contributed by atoms with E-state index in [4.69, 9.17) is 0 Å². The molecule has 0 saturated carbocycles.